The third-order valence-corrected chi connectivity index (χ3v) is 13.8. The van der Waals surface area contributed by atoms with Gasteiger partial charge in [-0.1, -0.05) is 213 Å². The van der Waals surface area contributed by atoms with Gasteiger partial charge in [-0.25, -0.2) is 0 Å². The molecule has 11 aromatic rings. The van der Waals surface area contributed by atoms with Crippen molar-refractivity contribution < 1.29 is 0 Å². The minimum Gasteiger partial charge on any atom is -0.310 e. The van der Waals surface area contributed by atoms with Gasteiger partial charge in [0, 0.05) is 44.5 Å². The molecule has 0 bridgehead atoms. The number of benzene rings is 10. The zero-order valence-electron chi connectivity index (χ0n) is 36.8. The van der Waals surface area contributed by atoms with Gasteiger partial charge in [0.05, 0.1) is 16.4 Å². The summed E-state index contributed by atoms with van der Waals surface area (Å²) in [5.41, 5.74) is 16.0. The summed E-state index contributed by atoms with van der Waals surface area (Å²) in [7, 11) is 0. The average molecular weight is 843 g/mol. The molecule has 2 nitrogen and oxygen atoms in total. The lowest BCUT2D eigenvalue weighted by Gasteiger charge is -2.33. The summed E-state index contributed by atoms with van der Waals surface area (Å²) < 4.78 is 2.55. The second-order valence-corrected chi connectivity index (χ2v) is 17.1. The fourth-order valence-electron chi connectivity index (χ4n) is 11.1. The Hall–Kier alpha value is -8.46. The van der Waals surface area contributed by atoms with Crippen LogP contribution in [0.4, 0.5) is 11.4 Å². The molecule has 1 aliphatic carbocycles. The van der Waals surface area contributed by atoms with Gasteiger partial charge in [0.15, 0.2) is 0 Å². The van der Waals surface area contributed by atoms with Crippen molar-refractivity contribution in [3.63, 3.8) is 0 Å². The van der Waals surface area contributed by atoms with Gasteiger partial charge in [0.1, 0.15) is 0 Å². The summed E-state index contributed by atoms with van der Waals surface area (Å²) in [5.74, 6) is 0. The Morgan fingerprint density at radius 1 is 0.485 bits per heavy atom. The van der Waals surface area contributed by atoms with Crippen LogP contribution in [0.5, 0.6) is 0 Å². The molecule has 10 aromatic carbocycles. The van der Waals surface area contributed by atoms with Gasteiger partial charge in [0.2, 0.25) is 0 Å². The minimum atomic E-state index is -0.486. The number of rotatable bonds is 9. The molecule has 0 saturated carbocycles. The van der Waals surface area contributed by atoms with Gasteiger partial charge >= 0.3 is 0 Å². The van der Waals surface area contributed by atoms with Crippen molar-refractivity contribution in [2.75, 3.05) is 4.90 Å². The quantitative estimate of drug-likeness (QED) is 0.104. The van der Waals surface area contributed by atoms with Gasteiger partial charge in [0.25, 0.3) is 0 Å². The molecular formula is C64H46N2. The number of allylic oxidation sites excluding steroid dienone is 4. The lowest BCUT2D eigenvalue weighted by Crippen LogP contribution is -2.28. The summed E-state index contributed by atoms with van der Waals surface area (Å²) in [5, 5.41) is 7.44. The summed E-state index contributed by atoms with van der Waals surface area (Å²) >= 11 is 0. The molecule has 312 valence electrons. The highest BCUT2D eigenvalue weighted by Gasteiger charge is 2.46. The Labute approximate surface area is 386 Å². The van der Waals surface area contributed by atoms with E-state index in [9.17, 15) is 0 Å². The van der Waals surface area contributed by atoms with Crippen LogP contribution in [0, 0.1) is 0 Å². The molecule has 1 aliphatic rings. The number of hydrogen-bond acceptors (Lipinski definition) is 1. The third-order valence-electron chi connectivity index (χ3n) is 13.8. The van der Waals surface area contributed by atoms with Gasteiger partial charge in [-0.05, 0) is 104 Å². The zero-order chi connectivity index (χ0) is 44.2. The van der Waals surface area contributed by atoms with Gasteiger partial charge in [-0.3, -0.25) is 0 Å². The second-order valence-electron chi connectivity index (χ2n) is 17.1. The average Bonchev–Trinajstić information content (AvgIpc) is 3.89. The lowest BCUT2D eigenvalue weighted by molar-refractivity contribution is 0.768. The van der Waals surface area contributed by atoms with Crippen molar-refractivity contribution in [1.82, 2.24) is 4.57 Å². The summed E-state index contributed by atoms with van der Waals surface area (Å²) in [4.78, 5) is 2.35. The van der Waals surface area contributed by atoms with E-state index in [1.807, 2.05) is 6.08 Å². The van der Waals surface area contributed by atoms with E-state index < -0.39 is 5.41 Å². The molecule has 0 fully saturated rings. The Balaban J connectivity index is 1.16. The predicted molar refractivity (Wildman–Crippen MR) is 280 cm³/mol. The fraction of sp³-hybridized carbons (Fsp3) is 0.0312. The maximum atomic E-state index is 4.26. The molecule has 0 aliphatic heterocycles. The number of fused-ring (bicyclic) bond motifs is 11. The number of hydrogen-bond donors (Lipinski definition) is 0. The zero-order valence-corrected chi connectivity index (χ0v) is 36.8. The van der Waals surface area contributed by atoms with Crippen LogP contribution < -0.4 is 4.90 Å². The van der Waals surface area contributed by atoms with Crippen molar-refractivity contribution in [2.45, 2.75) is 12.3 Å². The van der Waals surface area contributed by atoms with Crippen molar-refractivity contribution in [3.8, 4) is 16.8 Å². The Bertz CT molecular complexity index is 3630. The largest absolute Gasteiger partial charge is 0.310 e. The molecule has 0 amide bonds. The molecule has 2 heteroatoms. The molecule has 1 heterocycles. The van der Waals surface area contributed by atoms with E-state index in [0.717, 1.165) is 39.4 Å². The highest BCUT2D eigenvalue weighted by molar-refractivity contribution is 6.32. The number of aromatic nitrogens is 1. The maximum absolute atomic E-state index is 4.26. The fourth-order valence-corrected chi connectivity index (χ4v) is 11.1. The third kappa shape index (κ3) is 5.89. The molecule has 0 N–H and O–H groups in total. The first kappa shape index (κ1) is 39.2. The normalized spacial score (nSPS) is 13.3. The topological polar surface area (TPSA) is 8.17 Å². The Kier molecular flexibility index (Phi) is 9.47. The molecule has 12 rings (SSSR count). The van der Waals surface area contributed by atoms with Crippen molar-refractivity contribution in [3.05, 3.63) is 289 Å². The number of anilines is 2. The monoisotopic (exact) mass is 842 g/mol. The van der Waals surface area contributed by atoms with E-state index in [0.29, 0.717) is 0 Å². The van der Waals surface area contributed by atoms with Crippen LogP contribution in [0.2, 0.25) is 0 Å². The van der Waals surface area contributed by atoms with Gasteiger partial charge in [-0.15, -0.1) is 0 Å². The Morgan fingerprint density at radius 2 is 1.02 bits per heavy atom. The molecule has 66 heavy (non-hydrogen) atoms. The van der Waals surface area contributed by atoms with Crippen molar-refractivity contribution in [1.29, 1.82) is 0 Å². The van der Waals surface area contributed by atoms with Crippen molar-refractivity contribution >= 4 is 60.3 Å². The van der Waals surface area contributed by atoms with E-state index >= 15 is 0 Å². The van der Waals surface area contributed by atoms with Crippen LogP contribution in [0.3, 0.4) is 0 Å². The molecule has 0 radical (unpaired) electrons. The SMILES string of the molecule is C=C/C=C(\C(=C/C)N(c1ccccc1)c1ccccc1)c1ccc2c3c4ccccc4c4ccccc4c3n(-c3ccc4c(c3)-c3ccccc3C4(c3ccccc3)c3ccccc3)c2c1. The summed E-state index contributed by atoms with van der Waals surface area (Å²) in [6, 6.07) is 84.6. The Morgan fingerprint density at radius 3 is 1.64 bits per heavy atom. The molecule has 0 saturated heterocycles. The van der Waals surface area contributed by atoms with Crippen LogP contribution >= 0.6 is 0 Å². The van der Waals surface area contributed by atoms with Crippen molar-refractivity contribution in [2.24, 2.45) is 0 Å². The van der Waals surface area contributed by atoms with E-state index in [-0.39, 0.29) is 0 Å². The molecule has 0 unspecified atom stereocenters. The first-order chi connectivity index (χ1) is 32.7. The number of para-hydroxylation sites is 2. The second kappa shape index (κ2) is 16.0. The van der Waals surface area contributed by atoms with Crippen LogP contribution in [-0.2, 0) is 5.41 Å². The van der Waals surface area contributed by atoms with Crippen LogP contribution in [0.1, 0.15) is 34.7 Å². The maximum Gasteiger partial charge on any atom is 0.0713 e. The molecule has 0 spiro atoms. The molecular weight excluding hydrogens is 797 g/mol. The van der Waals surface area contributed by atoms with E-state index in [1.165, 1.54) is 71.2 Å². The lowest BCUT2D eigenvalue weighted by atomic mass is 9.68. The van der Waals surface area contributed by atoms with Gasteiger partial charge < -0.3 is 9.47 Å². The predicted octanol–water partition coefficient (Wildman–Crippen LogP) is 16.8. The van der Waals surface area contributed by atoms with Gasteiger partial charge in [-0.2, -0.15) is 0 Å². The summed E-state index contributed by atoms with van der Waals surface area (Å²) in [6.45, 7) is 6.39. The van der Waals surface area contributed by atoms with Crippen LogP contribution in [-0.4, -0.2) is 4.57 Å². The molecule has 0 atom stereocenters. The van der Waals surface area contributed by atoms with Crippen LogP contribution in [0.25, 0.3) is 65.7 Å². The van der Waals surface area contributed by atoms with E-state index in [4.69, 9.17) is 0 Å². The highest BCUT2D eigenvalue weighted by atomic mass is 15.1. The van der Waals surface area contributed by atoms with E-state index in [1.54, 1.807) is 0 Å². The number of nitrogens with zero attached hydrogens (tertiary/aromatic N) is 2. The molecule has 1 aromatic heterocycles. The minimum absolute atomic E-state index is 0.486. The van der Waals surface area contributed by atoms with E-state index in [2.05, 4.69) is 266 Å². The summed E-state index contributed by atoms with van der Waals surface area (Å²) in [6.07, 6.45) is 6.30. The highest BCUT2D eigenvalue weighted by Crippen LogP contribution is 2.57. The standard InChI is InChI=1S/C64H46N2/c1-3-23-50(60(4-2)65(47-28-13-7-14-29-47)48-30-15-8-16-31-48)44-38-40-56-61(42-44)66(63-55-36-20-18-33-52(55)51-32-17-19-35-54(51)62(56)63)49-39-41-59-57(43-49)53-34-21-22-37-58(53)64(59,45-24-9-5-10-25-45)46-26-11-6-12-27-46/h3-43H,1H2,2H3/b50-23-,60-4+. The van der Waals surface area contributed by atoms with Crippen LogP contribution in [0.15, 0.2) is 261 Å². The first-order valence-electron chi connectivity index (χ1n) is 22.8. The smallest absolute Gasteiger partial charge is 0.0713 e. The first-order valence-corrected chi connectivity index (χ1v) is 22.8.